The molecule has 1 aromatic heterocycles. The van der Waals surface area contributed by atoms with E-state index in [1.54, 1.807) is 6.21 Å². The largest absolute Gasteiger partial charge is 0.488 e. The molecule has 0 radical (unpaired) electrons. The predicted molar refractivity (Wildman–Crippen MR) is 92.6 cm³/mol. The number of hydrogen-bond donors (Lipinski definition) is 1. The molecule has 23 heavy (non-hydrogen) atoms. The molecular weight excluding hydrogens is 332 g/mol. The van der Waals surface area contributed by atoms with E-state index in [0.29, 0.717) is 16.4 Å². The Morgan fingerprint density at radius 1 is 1.22 bits per heavy atom. The van der Waals surface area contributed by atoms with E-state index in [0.717, 1.165) is 16.9 Å². The van der Waals surface area contributed by atoms with Gasteiger partial charge in [-0.05, 0) is 42.0 Å². The van der Waals surface area contributed by atoms with Crippen LogP contribution in [-0.2, 0) is 6.61 Å². The molecule has 0 bridgehead atoms. The average molecular weight is 345 g/mol. The lowest BCUT2D eigenvalue weighted by Crippen LogP contribution is -1.99. The summed E-state index contributed by atoms with van der Waals surface area (Å²) in [5.41, 5.74) is 1.89. The van der Waals surface area contributed by atoms with Crippen LogP contribution in [0.25, 0.3) is 0 Å². The van der Waals surface area contributed by atoms with Crippen molar-refractivity contribution in [3.05, 3.63) is 75.8 Å². The second kappa shape index (κ2) is 7.21. The molecule has 0 aliphatic heterocycles. The van der Waals surface area contributed by atoms with Crippen molar-refractivity contribution < 1.29 is 4.74 Å². The fraction of sp³-hybridized carbons (Fsp3) is 0.0625. The van der Waals surface area contributed by atoms with E-state index in [-0.39, 0.29) is 0 Å². The SMILES string of the molecule is S=c1[nH]ncn1/N=C/c1ccccc1OCc1ccc(Cl)cc1. The molecule has 0 fully saturated rings. The maximum absolute atomic E-state index is 5.88. The Kier molecular flexibility index (Phi) is 4.85. The number of nitrogens with one attached hydrogen (secondary N) is 1. The zero-order valence-electron chi connectivity index (χ0n) is 12.0. The molecule has 0 spiro atoms. The lowest BCUT2D eigenvalue weighted by atomic mass is 10.2. The number of halogens is 1. The van der Waals surface area contributed by atoms with Crippen LogP contribution in [0.5, 0.6) is 5.75 Å². The highest BCUT2D eigenvalue weighted by molar-refractivity contribution is 7.71. The topological polar surface area (TPSA) is 55.2 Å². The number of aromatic nitrogens is 3. The van der Waals surface area contributed by atoms with Gasteiger partial charge in [0.1, 0.15) is 18.7 Å². The fourth-order valence-corrected chi connectivity index (χ4v) is 2.18. The van der Waals surface area contributed by atoms with Crippen molar-refractivity contribution in [2.75, 3.05) is 0 Å². The fourth-order valence-electron chi connectivity index (χ4n) is 1.91. The molecule has 0 aliphatic rings. The smallest absolute Gasteiger partial charge is 0.216 e. The molecule has 1 heterocycles. The van der Waals surface area contributed by atoms with E-state index < -0.39 is 0 Å². The molecule has 0 aliphatic carbocycles. The number of para-hydroxylation sites is 1. The van der Waals surface area contributed by atoms with E-state index in [1.807, 2.05) is 48.5 Å². The molecule has 0 amide bonds. The van der Waals surface area contributed by atoms with Gasteiger partial charge in [0.15, 0.2) is 0 Å². The van der Waals surface area contributed by atoms with Crippen LogP contribution in [0.1, 0.15) is 11.1 Å². The third-order valence-corrected chi connectivity index (χ3v) is 3.61. The van der Waals surface area contributed by atoms with Crippen LogP contribution in [0.2, 0.25) is 5.02 Å². The Balaban J connectivity index is 1.75. The van der Waals surface area contributed by atoms with Gasteiger partial charge >= 0.3 is 0 Å². The Bertz CT molecular complexity index is 870. The van der Waals surface area contributed by atoms with Gasteiger partial charge in [-0.3, -0.25) is 5.10 Å². The quantitative estimate of drug-likeness (QED) is 0.561. The van der Waals surface area contributed by atoms with Gasteiger partial charge in [0.2, 0.25) is 4.77 Å². The Hall–Kier alpha value is -2.44. The summed E-state index contributed by atoms with van der Waals surface area (Å²) in [4.78, 5) is 0. The number of hydrogen-bond acceptors (Lipinski definition) is 4. The summed E-state index contributed by atoms with van der Waals surface area (Å²) in [6.45, 7) is 0.452. The minimum atomic E-state index is 0.431. The number of rotatable bonds is 5. The Labute approximate surface area is 143 Å². The van der Waals surface area contributed by atoms with Crippen LogP contribution in [0.3, 0.4) is 0 Å². The molecular formula is C16H13ClN4OS. The molecule has 116 valence electrons. The molecule has 2 aromatic carbocycles. The Morgan fingerprint density at radius 2 is 2.00 bits per heavy atom. The average Bonchev–Trinajstić information content (AvgIpc) is 2.98. The van der Waals surface area contributed by atoms with Crippen molar-refractivity contribution in [1.29, 1.82) is 0 Å². The van der Waals surface area contributed by atoms with Crippen molar-refractivity contribution in [1.82, 2.24) is 14.9 Å². The van der Waals surface area contributed by atoms with E-state index in [4.69, 9.17) is 28.6 Å². The van der Waals surface area contributed by atoms with E-state index in [1.165, 1.54) is 11.0 Å². The van der Waals surface area contributed by atoms with Crippen molar-refractivity contribution in [2.45, 2.75) is 6.61 Å². The minimum absolute atomic E-state index is 0.431. The number of nitrogens with zero attached hydrogens (tertiary/aromatic N) is 3. The van der Waals surface area contributed by atoms with Crippen molar-refractivity contribution in [3.63, 3.8) is 0 Å². The highest BCUT2D eigenvalue weighted by Crippen LogP contribution is 2.18. The lowest BCUT2D eigenvalue weighted by Gasteiger charge is -2.09. The monoisotopic (exact) mass is 344 g/mol. The van der Waals surface area contributed by atoms with Gasteiger partial charge in [0, 0.05) is 10.6 Å². The van der Waals surface area contributed by atoms with Gasteiger partial charge in [-0.15, -0.1) is 0 Å². The molecule has 7 heteroatoms. The molecule has 0 saturated heterocycles. The standard InChI is InChI=1S/C16H13ClN4OS/c17-14-7-5-12(6-8-14)10-22-15-4-2-1-3-13(15)9-19-21-11-18-20-16(21)23/h1-9,11H,10H2,(H,20,23)/b19-9+. The Morgan fingerprint density at radius 3 is 2.74 bits per heavy atom. The normalized spacial score (nSPS) is 11.0. The maximum Gasteiger partial charge on any atom is 0.216 e. The highest BCUT2D eigenvalue weighted by Gasteiger charge is 2.02. The number of ether oxygens (including phenoxy) is 1. The van der Waals surface area contributed by atoms with E-state index in [9.17, 15) is 0 Å². The third kappa shape index (κ3) is 4.06. The molecule has 3 aromatic rings. The predicted octanol–water partition coefficient (Wildman–Crippen LogP) is 4.06. The summed E-state index contributed by atoms with van der Waals surface area (Å²) in [7, 11) is 0. The van der Waals surface area contributed by atoms with Gasteiger partial charge in [-0.2, -0.15) is 14.9 Å². The van der Waals surface area contributed by atoms with Crippen molar-refractivity contribution in [3.8, 4) is 5.75 Å². The lowest BCUT2D eigenvalue weighted by molar-refractivity contribution is 0.306. The zero-order valence-corrected chi connectivity index (χ0v) is 13.6. The van der Waals surface area contributed by atoms with E-state index >= 15 is 0 Å². The summed E-state index contributed by atoms with van der Waals surface area (Å²) >= 11 is 10.9. The first kappa shape index (κ1) is 15.5. The van der Waals surface area contributed by atoms with E-state index in [2.05, 4.69) is 15.3 Å². The molecule has 0 saturated carbocycles. The van der Waals surface area contributed by atoms with Gasteiger partial charge in [-0.25, -0.2) is 0 Å². The summed E-state index contributed by atoms with van der Waals surface area (Å²) < 4.78 is 7.78. The second-order valence-electron chi connectivity index (χ2n) is 4.70. The van der Waals surface area contributed by atoms with Gasteiger partial charge < -0.3 is 4.74 Å². The van der Waals surface area contributed by atoms with Crippen molar-refractivity contribution in [2.24, 2.45) is 5.10 Å². The first-order valence-electron chi connectivity index (χ1n) is 6.85. The summed E-state index contributed by atoms with van der Waals surface area (Å²) in [5.74, 6) is 0.737. The van der Waals surface area contributed by atoms with Crippen LogP contribution < -0.4 is 4.74 Å². The number of aromatic amines is 1. The van der Waals surface area contributed by atoms with Crippen LogP contribution in [-0.4, -0.2) is 21.1 Å². The summed E-state index contributed by atoms with van der Waals surface area (Å²) in [6, 6.07) is 15.2. The van der Waals surface area contributed by atoms with Crippen molar-refractivity contribution >= 4 is 30.0 Å². The van der Waals surface area contributed by atoms with Gasteiger partial charge in [-0.1, -0.05) is 35.9 Å². The summed E-state index contributed by atoms with van der Waals surface area (Å²) in [6.07, 6.45) is 3.19. The van der Waals surface area contributed by atoms with Gasteiger partial charge in [0.05, 0.1) is 6.21 Å². The molecule has 0 unspecified atom stereocenters. The second-order valence-corrected chi connectivity index (χ2v) is 5.53. The van der Waals surface area contributed by atoms with Crippen LogP contribution in [0.15, 0.2) is 60.0 Å². The van der Waals surface area contributed by atoms with Crippen LogP contribution in [0, 0.1) is 4.77 Å². The molecule has 0 atom stereocenters. The zero-order chi connectivity index (χ0) is 16.1. The van der Waals surface area contributed by atoms with Gasteiger partial charge in [0.25, 0.3) is 0 Å². The number of benzene rings is 2. The first-order valence-corrected chi connectivity index (χ1v) is 7.63. The maximum atomic E-state index is 5.88. The minimum Gasteiger partial charge on any atom is -0.488 e. The molecule has 1 N–H and O–H groups in total. The third-order valence-electron chi connectivity index (χ3n) is 3.08. The molecule has 3 rings (SSSR count). The first-order chi connectivity index (χ1) is 11.2. The molecule has 5 nitrogen and oxygen atoms in total. The number of H-pyrrole nitrogens is 1. The van der Waals surface area contributed by atoms with Crippen LogP contribution in [0.4, 0.5) is 0 Å². The van der Waals surface area contributed by atoms with Crippen LogP contribution >= 0.6 is 23.8 Å². The summed E-state index contributed by atoms with van der Waals surface area (Å²) in [5, 5.41) is 11.4. The highest BCUT2D eigenvalue weighted by atomic mass is 35.5.